The monoisotopic (exact) mass is 466 g/mol. The third kappa shape index (κ3) is 5.66. The summed E-state index contributed by atoms with van der Waals surface area (Å²) >= 11 is 0. The zero-order chi connectivity index (χ0) is 24.0. The van der Waals surface area contributed by atoms with Gasteiger partial charge in [-0.3, -0.25) is 9.59 Å². The number of hydrogen-bond acceptors (Lipinski definition) is 5. The summed E-state index contributed by atoms with van der Waals surface area (Å²) in [5.41, 5.74) is 1.95. The molecule has 0 saturated heterocycles. The van der Waals surface area contributed by atoms with Crippen LogP contribution in [0.3, 0.4) is 0 Å². The maximum atomic E-state index is 12.9. The second kappa shape index (κ2) is 10.4. The molecule has 0 aliphatic rings. The average molecular weight is 467 g/mol. The highest BCUT2D eigenvalue weighted by atomic mass is 32.2. The molecule has 0 atom stereocenters. The Morgan fingerprint density at radius 1 is 0.939 bits per heavy atom. The van der Waals surface area contributed by atoms with E-state index in [-0.39, 0.29) is 29.4 Å². The van der Waals surface area contributed by atoms with Crippen molar-refractivity contribution in [2.24, 2.45) is 0 Å². The average Bonchev–Trinajstić information content (AvgIpc) is 2.82. The molecule has 0 spiro atoms. The lowest BCUT2D eigenvalue weighted by molar-refractivity contribution is -0.116. The Morgan fingerprint density at radius 2 is 1.61 bits per heavy atom. The third-order valence-electron chi connectivity index (χ3n) is 5.13. The molecular formula is C25H26N2O5S. The van der Waals surface area contributed by atoms with Gasteiger partial charge in [0.2, 0.25) is 15.9 Å². The molecule has 172 valence electrons. The Labute approximate surface area is 194 Å². The fourth-order valence-electron chi connectivity index (χ4n) is 3.32. The molecule has 0 radical (unpaired) electrons. The Kier molecular flexibility index (Phi) is 7.63. The van der Waals surface area contributed by atoms with Gasteiger partial charge in [0.15, 0.2) is 5.78 Å². The molecule has 7 nitrogen and oxygen atoms in total. The van der Waals surface area contributed by atoms with Crippen LogP contribution in [-0.4, -0.2) is 45.6 Å². The number of ether oxygens (including phenoxy) is 1. The molecule has 0 aliphatic heterocycles. The van der Waals surface area contributed by atoms with Gasteiger partial charge in [-0.05, 0) is 42.3 Å². The van der Waals surface area contributed by atoms with Crippen LogP contribution in [0.1, 0.15) is 27.9 Å². The smallest absolute Gasteiger partial charge is 0.242 e. The van der Waals surface area contributed by atoms with E-state index in [1.54, 1.807) is 54.6 Å². The highest BCUT2D eigenvalue weighted by Gasteiger charge is 2.20. The number of para-hydroxylation sites is 1. The lowest BCUT2D eigenvalue weighted by atomic mass is 10.0. The molecule has 0 unspecified atom stereocenters. The van der Waals surface area contributed by atoms with Crippen molar-refractivity contribution < 1.29 is 22.7 Å². The van der Waals surface area contributed by atoms with E-state index in [0.717, 1.165) is 4.31 Å². The maximum Gasteiger partial charge on any atom is 0.242 e. The summed E-state index contributed by atoms with van der Waals surface area (Å²) in [5.74, 6) is 0.0150. The van der Waals surface area contributed by atoms with Crippen LogP contribution in [0.25, 0.3) is 0 Å². The normalized spacial score (nSPS) is 11.3. The second-order valence-electron chi connectivity index (χ2n) is 7.55. The highest BCUT2D eigenvalue weighted by Crippen LogP contribution is 2.26. The number of rotatable bonds is 9. The van der Waals surface area contributed by atoms with E-state index >= 15 is 0 Å². The van der Waals surface area contributed by atoms with Crippen LogP contribution in [0.4, 0.5) is 5.69 Å². The minimum atomic E-state index is -3.61. The zero-order valence-corrected chi connectivity index (χ0v) is 19.6. The fraction of sp³-hybridized carbons (Fsp3) is 0.200. The number of hydrogen-bond donors (Lipinski definition) is 1. The van der Waals surface area contributed by atoms with Crippen molar-refractivity contribution in [1.29, 1.82) is 0 Å². The van der Waals surface area contributed by atoms with E-state index in [9.17, 15) is 18.0 Å². The lowest BCUT2D eigenvalue weighted by Crippen LogP contribution is -2.22. The number of nitrogens with one attached hydrogen (secondary N) is 1. The Morgan fingerprint density at radius 3 is 2.27 bits per heavy atom. The molecule has 0 heterocycles. The van der Waals surface area contributed by atoms with Crippen LogP contribution < -0.4 is 10.1 Å². The van der Waals surface area contributed by atoms with Crippen molar-refractivity contribution in [3.8, 4) is 5.75 Å². The Balaban J connectivity index is 1.76. The van der Waals surface area contributed by atoms with Gasteiger partial charge in [0.1, 0.15) is 5.75 Å². The van der Waals surface area contributed by atoms with E-state index in [2.05, 4.69) is 5.32 Å². The molecule has 3 aromatic carbocycles. The SMILES string of the molecule is COc1ccc(S(=O)(=O)N(C)C)cc1CCC(=O)Nc1ccccc1C(=O)c1ccccc1. The number of anilines is 1. The summed E-state index contributed by atoms with van der Waals surface area (Å²) in [7, 11) is 0.796. The molecule has 3 rings (SSSR count). The minimum absolute atomic E-state index is 0.0791. The number of sulfonamides is 1. The van der Waals surface area contributed by atoms with Crippen molar-refractivity contribution in [3.63, 3.8) is 0 Å². The van der Waals surface area contributed by atoms with Gasteiger partial charge in [-0.1, -0.05) is 42.5 Å². The van der Waals surface area contributed by atoms with Gasteiger partial charge in [-0.15, -0.1) is 0 Å². The van der Waals surface area contributed by atoms with Crippen molar-refractivity contribution in [2.75, 3.05) is 26.5 Å². The maximum absolute atomic E-state index is 12.9. The number of methoxy groups -OCH3 is 1. The van der Waals surface area contributed by atoms with Crippen molar-refractivity contribution >= 4 is 27.4 Å². The molecule has 0 bridgehead atoms. The standard InChI is InChI=1S/C25H26N2O5S/c1-27(2)33(30,31)20-14-15-23(32-3)19(17-20)13-16-24(28)26-22-12-8-7-11-21(22)25(29)18-9-5-4-6-10-18/h4-12,14-15,17H,13,16H2,1-3H3,(H,26,28). The number of nitrogens with zero attached hydrogens (tertiary/aromatic N) is 1. The van der Waals surface area contributed by atoms with E-state index in [1.807, 2.05) is 6.07 Å². The molecular weight excluding hydrogens is 440 g/mol. The van der Waals surface area contributed by atoms with E-state index in [0.29, 0.717) is 28.1 Å². The first-order valence-corrected chi connectivity index (χ1v) is 11.8. The molecule has 0 saturated carbocycles. The van der Waals surface area contributed by atoms with Crippen LogP contribution in [0.2, 0.25) is 0 Å². The van der Waals surface area contributed by atoms with E-state index in [4.69, 9.17) is 4.74 Å². The summed E-state index contributed by atoms with van der Waals surface area (Å²) < 4.78 is 31.4. The number of benzene rings is 3. The number of carbonyl (C=O) groups excluding carboxylic acids is 2. The van der Waals surface area contributed by atoms with Crippen LogP contribution in [0, 0.1) is 0 Å². The summed E-state index contributed by atoms with van der Waals surface area (Å²) in [6.07, 6.45) is 0.344. The van der Waals surface area contributed by atoms with Crippen LogP contribution in [0.5, 0.6) is 5.75 Å². The third-order valence-corrected chi connectivity index (χ3v) is 6.94. The first-order valence-electron chi connectivity index (χ1n) is 10.3. The van der Waals surface area contributed by atoms with Crippen molar-refractivity contribution in [1.82, 2.24) is 4.31 Å². The predicted octanol–water partition coefficient (Wildman–Crippen LogP) is 3.75. The predicted molar refractivity (Wildman–Crippen MR) is 127 cm³/mol. The van der Waals surface area contributed by atoms with Crippen LogP contribution in [-0.2, 0) is 21.2 Å². The molecule has 33 heavy (non-hydrogen) atoms. The van der Waals surface area contributed by atoms with Gasteiger partial charge >= 0.3 is 0 Å². The summed E-state index contributed by atoms with van der Waals surface area (Å²) in [5, 5.41) is 2.80. The first-order chi connectivity index (χ1) is 15.7. The number of carbonyl (C=O) groups is 2. The topological polar surface area (TPSA) is 92.8 Å². The molecule has 1 amide bonds. The second-order valence-corrected chi connectivity index (χ2v) is 9.70. The van der Waals surface area contributed by atoms with Gasteiger partial charge in [0.25, 0.3) is 0 Å². The first kappa shape index (κ1) is 24.2. The van der Waals surface area contributed by atoms with E-state index < -0.39 is 10.0 Å². The minimum Gasteiger partial charge on any atom is -0.496 e. The molecule has 0 fully saturated rings. The molecule has 1 N–H and O–H groups in total. The van der Waals surface area contributed by atoms with Gasteiger partial charge in [-0.2, -0.15) is 0 Å². The molecule has 0 aliphatic carbocycles. The molecule has 0 aromatic heterocycles. The van der Waals surface area contributed by atoms with Gasteiger partial charge in [0, 0.05) is 31.6 Å². The molecule has 3 aromatic rings. The Hall–Kier alpha value is -3.49. The number of ketones is 1. The van der Waals surface area contributed by atoms with Gasteiger partial charge in [-0.25, -0.2) is 12.7 Å². The zero-order valence-electron chi connectivity index (χ0n) is 18.7. The number of amides is 1. The van der Waals surface area contributed by atoms with Crippen LogP contribution in [0.15, 0.2) is 77.7 Å². The van der Waals surface area contributed by atoms with Crippen molar-refractivity contribution in [3.05, 3.63) is 89.5 Å². The van der Waals surface area contributed by atoms with Crippen molar-refractivity contribution in [2.45, 2.75) is 17.7 Å². The van der Waals surface area contributed by atoms with E-state index in [1.165, 1.54) is 33.3 Å². The quantitative estimate of drug-likeness (QED) is 0.485. The van der Waals surface area contributed by atoms with Gasteiger partial charge < -0.3 is 10.1 Å². The highest BCUT2D eigenvalue weighted by molar-refractivity contribution is 7.89. The number of aryl methyl sites for hydroxylation is 1. The largest absolute Gasteiger partial charge is 0.496 e. The lowest BCUT2D eigenvalue weighted by Gasteiger charge is -2.15. The fourth-order valence-corrected chi connectivity index (χ4v) is 4.27. The van der Waals surface area contributed by atoms with Gasteiger partial charge in [0.05, 0.1) is 17.7 Å². The summed E-state index contributed by atoms with van der Waals surface area (Å²) in [6, 6.07) is 20.3. The summed E-state index contributed by atoms with van der Waals surface area (Å²) in [4.78, 5) is 25.7. The Bertz CT molecular complexity index is 1250. The summed E-state index contributed by atoms with van der Waals surface area (Å²) in [6.45, 7) is 0. The van der Waals surface area contributed by atoms with Crippen LogP contribution >= 0.6 is 0 Å². The molecule has 8 heteroatoms.